The van der Waals surface area contributed by atoms with E-state index in [2.05, 4.69) is 37.2 Å². The molecular weight excluding hydrogens is 382 g/mol. The smallest absolute Gasteiger partial charge is 0.344 e. The summed E-state index contributed by atoms with van der Waals surface area (Å²) in [6.07, 6.45) is 2.07. The molecule has 7 heteroatoms. The molecule has 110 valence electrons. The van der Waals surface area contributed by atoms with Crippen molar-refractivity contribution in [1.29, 1.82) is 0 Å². The van der Waals surface area contributed by atoms with Crippen LogP contribution in [0, 0.1) is 5.92 Å². The third kappa shape index (κ3) is 5.79. The SMILES string of the molecule is CC(C)(OC(=O)COC(=O)C(Br)Br)C1CC[NH2+]CC1. The Hall–Kier alpha value is -0.140. The number of esters is 2. The highest BCUT2D eigenvalue weighted by Crippen LogP contribution is 2.27. The van der Waals surface area contributed by atoms with Gasteiger partial charge in [0.15, 0.2) is 10.3 Å². The number of hydrogen-bond acceptors (Lipinski definition) is 4. The molecule has 0 saturated carbocycles. The number of carbonyl (C=O) groups is 2. The minimum Gasteiger partial charge on any atom is -0.457 e. The maximum Gasteiger partial charge on any atom is 0.344 e. The number of ether oxygens (including phenoxy) is 2. The van der Waals surface area contributed by atoms with Crippen LogP contribution in [-0.2, 0) is 19.1 Å². The largest absolute Gasteiger partial charge is 0.457 e. The van der Waals surface area contributed by atoms with Crippen molar-refractivity contribution < 1.29 is 24.4 Å². The van der Waals surface area contributed by atoms with Gasteiger partial charge in [-0.1, -0.05) is 31.9 Å². The average molecular weight is 402 g/mol. The van der Waals surface area contributed by atoms with Gasteiger partial charge in [0.1, 0.15) is 5.60 Å². The van der Waals surface area contributed by atoms with Gasteiger partial charge in [-0.2, -0.15) is 0 Å². The fraction of sp³-hybridized carbons (Fsp3) is 0.833. The number of halogens is 2. The molecule has 1 saturated heterocycles. The highest BCUT2D eigenvalue weighted by Gasteiger charge is 2.35. The molecule has 5 nitrogen and oxygen atoms in total. The molecule has 0 aliphatic carbocycles. The summed E-state index contributed by atoms with van der Waals surface area (Å²) in [4.78, 5) is 22.9. The van der Waals surface area contributed by atoms with Crippen LogP contribution >= 0.6 is 31.9 Å². The van der Waals surface area contributed by atoms with Crippen LogP contribution in [0.3, 0.4) is 0 Å². The average Bonchev–Trinajstić information content (AvgIpc) is 2.36. The first-order chi connectivity index (χ1) is 8.83. The molecule has 0 atom stereocenters. The molecule has 1 aliphatic rings. The predicted molar refractivity (Wildman–Crippen MR) is 77.2 cm³/mol. The van der Waals surface area contributed by atoms with E-state index >= 15 is 0 Å². The van der Waals surface area contributed by atoms with E-state index < -0.39 is 21.3 Å². The second kappa shape index (κ2) is 7.59. The van der Waals surface area contributed by atoms with Crippen LogP contribution in [0.2, 0.25) is 0 Å². The first-order valence-corrected chi connectivity index (χ1v) is 8.14. The van der Waals surface area contributed by atoms with Gasteiger partial charge in [0.05, 0.1) is 13.1 Å². The summed E-state index contributed by atoms with van der Waals surface area (Å²) in [5.41, 5.74) is -0.514. The molecule has 1 fully saturated rings. The van der Waals surface area contributed by atoms with E-state index in [0.717, 1.165) is 25.9 Å². The van der Waals surface area contributed by atoms with Crippen molar-refractivity contribution in [2.24, 2.45) is 5.92 Å². The molecule has 0 aromatic heterocycles. The molecule has 0 amide bonds. The molecule has 0 radical (unpaired) electrons. The van der Waals surface area contributed by atoms with Crippen LogP contribution in [0.4, 0.5) is 0 Å². The predicted octanol–water partition coefficient (Wildman–Crippen LogP) is 0.941. The van der Waals surface area contributed by atoms with Gasteiger partial charge < -0.3 is 14.8 Å². The topological polar surface area (TPSA) is 69.2 Å². The first kappa shape index (κ1) is 16.9. The standard InChI is InChI=1S/C12H19Br2NO4/c1-12(2,8-3-5-15-6-4-8)19-9(16)7-18-11(17)10(13)14/h8,10,15H,3-7H2,1-2H3/p+1. The summed E-state index contributed by atoms with van der Waals surface area (Å²) in [6, 6.07) is 0. The zero-order valence-corrected chi connectivity index (χ0v) is 14.3. The van der Waals surface area contributed by atoms with Gasteiger partial charge in [-0.05, 0) is 13.8 Å². The number of quaternary nitrogens is 1. The number of rotatable bonds is 5. The summed E-state index contributed by atoms with van der Waals surface area (Å²) in [5.74, 6) is -0.687. The van der Waals surface area contributed by atoms with E-state index in [-0.39, 0.29) is 6.61 Å². The number of piperidine rings is 1. The molecule has 1 heterocycles. The Balaban J connectivity index is 2.39. The Morgan fingerprint density at radius 2 is 1.89 bits per heavy atom. The minimum absolute atomic E-state index is 0.352. The quantitative estimate of drug-likeness (QED) is 0.549. The van der Waals surface area contributed by atoms with Crippen LogP contribution in [0.5, 0.6) is 0 Å². The normalized spacial score (nSPS) is 17.3. The fourth-order valence-corrected chi connectivity index (χ4v) is 2.49. The Labute approximate surface area is 130 Å². The van der Waals surface area contributed by atoms with Crippen molar-refractivity contribution in [2.45, 2.75) is 36.0 Å². The van der Waals surface area contributed by atoms with Gasteiger partial charge in [0, 0.05) is 18.8 Å². The lowest BCUT2D eigenvalue weighted by atomic mass is 9.83. The van der Waals surface area contributed by atoms with E-state index in [4.69, 9.17) is 9.47 Å². The van der Waals surface area contributed by atoms with Gasteiger partial charge in [0.2, 0.25) is 0 Å². The van der Waals surface area contributed by atoms with Gasteiger partial charge in [-0.25, -0.2) is 9.59 Å². The second-order valence-electron chi connectivity index (χ2n) is 5.13. The summed E-state index contributed by atoms with van der Waals surface area (Å²) in [5, 5.41) is 2.27. The summed E-state index contributed by atoms with van der Waals surface area (Å²) >= 11 is 6.00. The van der Waals surface area contributed by atoms with Crippen LogP contribution in [0.25, 0.3) is 0 Å². The van der Waals surface area contributed by atoms with Gasteiger partial charge in [0.25, 0.3) is 0 Å². The summed E-state index contributed by atoms with van der Waals surface area (Å²) in [6.45, 7) is 5.61. The van der Waals surface area contributed by atoms with E-state index in [1.165, 1.54) is 0 Å². The summed E-state index contributed by atoms with van der Waals surface area (Å²) < 4.78 is 9.63. The van der Waals surface area contributed by atoms with Crippen molar-refractivity contribution in [1.82, 2.24) is 0 Å². The van der Waals surface area contributed by atoms with E-state index in [1.807, 2.05) is 13.8 Å². The van der Waals surface area contributed by atoms with E-state index in [1.54, 1.807) is 0 Å². The van der Waals surface area contributed by atoms with Crippen LogP contribution in [0.15, 0.2) is 0 Å². The molecule has 0 aromatic carbocycles. The van der Waals surface area contributed by atoms with Gasteiger partial charge in [-0.3, -0.25) is 0 Å². The Kier molecular flexibility index (Phi) is 6.76. The molecule has 0 spiro atoms. The van der Waals surface area contributed by atoms with Crippen LogP contribution < -0.4 is 5.32 Å². The summed E-state index contributed by atoms with van der Waals surface area (Å²) in [7, 11) is 0. The lowest BCUT2D eigenvalue weighted by molar-refractivity contribution is -0.665. The third-order valence-electron chi connectivity index (χ3n) is 3.31. The van der Waals surface area contributed by atoms with Crippen LogP contribution in [-0.4, -0.2) is 41.0 Å². The highest BCUT2D eigenvalue weighted by atomic mass is 79.9. The minimum atomic E-state index is -0.602. The molecule has 0 aromatic rings. The Morgan fingerprint density at radius 1 is 1.32 bits per heavy atom. The Bertz CT molecular complexity index is 328. The maximum atomic E-state index is 11.7. The lowest BCUT2D eigenvalue weighted by Crippen LogP contribution is -2.86. The number of nitrogens with two attached hydrogens (primary N) is 1. The Morgan fingerprint density at radius 3 is 2.42 bits per heavy atom. The molecule has 2 N–H and O–H groups in total. The number of carbonyl (C=O) groups excluding carboxylic acids is 2. The second-order valence-corrected chi connectivity index (χ2v) is 8.19. The molecule has 19 heavy (non-hydrogen) atoms. The van der Waals surface area contributed by atoms with Crippen molar-refractivity contribution in [3.05, 3.63) is 0 Å². The molecular formula is C12H20Br2NO4+. The number of hydrogen-bond donors (Lipinski definition) is 1. The fourth-order valence-electron chi connectivity index (χ4n) is 2.22. The van der Waals surface area contributed by atoms with Crippen molar-refractivity contribution in [3.63, 3.8) is 0 Å². The van der Waals surface area contributed by atoms with Crippen molar-refractivity contribution >= 4 is 43.8 Å². The lowest BCUT2D eigenvalue weighted by Gasteiger charge is -2.35. The molecule has 1 aliphatic heterocycles. The zero-order chi connectivity index (χ0) is 14.5. The number of alkyl halides is 2. The molecule has 1 rings (SSSR count). The maximum absolute atomic E-state index is 11.7. The van der Waals surface area contributed by atoms with Crippen molar-refractivity contribution in [2.75, 3.05) is 19.7 Å². The van der Waals surface area contributed by atoms with Gasteiger partial charge in [-0.15, -0.1) is 0 Å². The van der Waals surface area contributed by atoms with Crippen LogP contribution in [0.1, 0.15) is 26.7 Å². The first-order valence-electron chi connectivity index (χ1n) is 6.31. The zero-order valence-electron chi connectivity index (χ0n) is 11.2. The van der Waals surface area contributed by atoms with Gasteiger partial charge >= 0.3 is 11.9 Å². The molecule has 0 bridgehead atoms. The highest BCUT2D eigenvalue weighted by molar-refractivity contribution is 9.25. The van der Waals surface area contributed by atoms with Crippen molar-refractivity contribution in [3.8, 4) is 0 Å². The van der Waals surface area contributed by atoms with E-state index in [0.29, 0.717) is 5.92 Å². The monoisotopic (exact) mass is 400 g/mol. The molecule has 0 unspecified atom stereocenters. The third-order valence-corrected chi connectivity index (χ3v) is 4.06. The van der Waals surface area contributed by atoms with E-state index in [9.17, 15) is 9.59 Å².